The SMILES string of the molecule is COc1ccc2ccccc2c1C=NS(=O)(=O)c1ccc(Br)cc1. The minimum atomic E-state index is -3.78. The predicted molar refractivity (Wildman–Crippen MR) is 99.4 cm³/mol. The molecule has 0 saturated heterocycles. The molecule has 0 unspecified atom stereocenters. The lowest BCUT2D eigenvalue weighted by atomic mass is 10.0. The largest absolute Gasteiger partial charge is 0.496 e. The Bertz CT molecular complexity index is 1010. The van der Waals surface area contributed by atoms with Gasteiger partial charge in [0.1, 0.15) is 5.75 Å². The van der Waals surface area contributed by atoms with Crippen LogP contribution in [0.4, 0.5) is 0 Å². The van der Waals surface area contributed by atoms with E-state index < -0.39 is 10.0 Å². The van der Waals surface area contributed by atoms with Crippen LogP contribution in [0.3, 0.4) is 0 Å². The van der Waals surface area contributed by atoms with Crippen molar-refractivity contribution in [1.82, 2.24) is 0 Å². The third kappa shape index (κ3) is 3.34. The highest BCUT2D eigenvalue weighted by Gasteiger charge is 2.13. The third-order valence-corrected chi connectivity index (χ3v) is 5.36. The van der Waals surface area contributed by atoms with Crippen LogP contribution in [0, 0.1) is 0 Å². The first-order chi connectivity index (χ1) is 11.5. The van der Waals surface area contributed by atoms with Crippen molar-refractivity contribution in [2.24, 2.45) is 4.40 Å². The van der Waals surface area contributed by atoms with Gasteiger partial charge in [-0.05, 0) is 41.1 Å². The molecule has 0 bridgehead atoms. The minimum Gasteiger partial charge on any atom is -0.496 e. The molecule has 0 aliphatic heterocycles. The van der Waals surface area contributed by atoms with E-state index in [0.29, 0.717) is 11.3 Å². The van der Waals surface area contributed by atoms with Gasteiger partial charge in [0.15, 0.2) is 0 Å². The molecule has 0 aliphatic rings. The number of fused-ring (bicyclic) bond motifs is 1. The van der Waals surface area contributed by atoms with E-state index in [1.807, 2.05) is 30.3 Å². The molecular formula is C18H14BrNO3S. The van der Waals surface area contributed by atoms with Crippen LogP contribution in [-0.2, 0) is 10.0 Å². The first-order valence-electron chi connectivity index (χ1n) is 7.13. The van der Waals surface area contributed by atoms with E-state index in [4.69, 9.17) is 4.74 Å². The maximum atomic E-state index is 12.4. The highest BCUT2D eigenvalue weighted by atomic mass is 79.9. The van der Waals surface area contributed by atoms with Crippen LogP contribution in [0.2, 0.25) is 0 Å². The van der Waals surface area contributed by atoms with Crippen LogP contribution >= 0.6 is 15.9 Å². The summed E-state index contributed by atoms with van der Waals surface area (Å²) in [6.45, 7) is 0. The van der Waals surface area contributed by atoms with Gasteiger partial charge in [-0.3, -0.25) is 0 Å². The van der Waals surface area contributed by atoms with E-state index in [1.54, 1.807) is 25.3 Å². The van der Waals surface area contributed by atoms with Gasteiger partial charge in [-0.15, -0.1) is 0 Å². The van der Waals surface area contributed by atoms with Crippen molar-refractivity contribution in [2.45, 2.75) is 4.90 Å². The molecule has 122 valence electrons. The molecule has 3 aromatic carbocycles. The van der Waals surface area contributed by atoms with E-state index >= 15 is 0 Å². The van der Waals surface area contributed by atoms with Crippen molar-refractivity contribution in [2.75, 3.05) is 7.11 Å². The Labute approximate surface area is 149 Å². The second kappa shape index (κ2) is 6.75. The van der Waals surface area contributed by atoms with Gasteiger partial charge in [0.2, 0.25) is 0 Å². The fraction of sp³-hybridized carbons (Fsp3) is 0.0556. The van der Waals surface area contributed by atoms with E-state index in [0.717, 1.165) is 15.2 Å². The van der Waals surface area contributed by atoms with Crippen LogP contribution in [0.1, 0.15) is 5.56 Å². The molecule has 0 fully saturated rings. The molecule has 0 saturated carbocycles. The third-order valence-electron chi connectivity index (χ3n) is 3.58. The van der Waals surface area contributed by atoms with Gasteiger partial charge in [-0.2, -0.15) is 12.8 Å². The van der Waals surface area contributed by atoms with Crippen LogP contribution in [-0.4, -0.2) is 21.7 Å². The zero-order chi connectivity index (χ0) is 17.2. The Balaban J connectivity index is 2.08. The first kappa shape index (κ1) is 16.7. The van der Waals surface area contributed by atoms with Gasteiger partial charge in [0.25, 0.3) is 10.0 Å². The number of hydrogen-bond donors (Lipinski definition) is 0. The van der Waals surface area contributed by atoms with Crippen molar-refractivity contribution in [3.63, 3.8) is 0 Å². The van der Waals surface area contributed by atoms with Crippen molar-refractivity contribution < 1.29 is 13.2 Å². The molecule has 0 heterocycles. The molecule has 6 heteroatoms. The molecule has 0 atom stereocenters. The summed E-state index contributed by atoms with van der Waals surface area (Å²) in [4.78, 5) is 0.140. The maximum Gasteiger partial charge on any atom is 0.282 e. The fourth-order valence-electron chi connectivity index (χ4n) is 2.38. The molecule has 0 N–H and O–H groups in total. The van der Waals surface area contributed by atoms with Crippen molar-refractivity contribution in [1.29, 1.82) is 0 Å². The Hall–Kier alpha value is -2.18. The zero-order valence-electron chi connectivity index (χ0n) is 12.8. The summed E-state index contributed by atoms with van der Waals surface area (Å²) in [5, 5.41) is 1.87. The summed E-state index contributed by atoms with van der Waals surface area (Å²) < 4.78 is 34.8. The lowest BCUT2D eigenvalue weighted by Gasteiger charge is -2.08. The minimum absolute atomic E-state index is 0.140. The van der Waals surface area contributed by atoms with Crippen LogP contribution < -0.4 is 4.74 Å². The molecule has 0 aliphatic carbocycles. The Morgan fingerprint density at radius 2 is 1.71 bits per heavy atom. The standard InChI is InChI=1S/C18H14BrNO3S/c1-23-18-11-6-13-4-2-3-5-16(13)17(18)12-20-24(21,22)15-9-7-14(19)8-10-15/h2-12H,1H3. The lowest BCUT2D eigenvalue weighted by molar-refractivity contribution is 0.415. The van der Waals surface area contributed by atoms with Gasteiger partial charge < -0.3 is 4.74 Å². The van der Waals surface area contributed by atoms with E-state index in [2.05, 4.69) is 20.3 Å². The summed E-state index contributed by atoms with van der Waals surface area (Å²) >= 11 is 3.28. The predicted octanol–water partition coefficient (Wildman–Crippen LogP) is 4.42. The normalized spacial score (nSPS) is 11.9. The summed E-state index contributed by atoms with van der Waals surface area (Å²) in [5.74, 6) is 0.573. The summed E-state index contributed by atoms with van der Waals surface area (Å²) in [6, 6.07) is 17.8. The van der Waals surface area contributed by atoms with Crippen molar-refractivity contribution in [3.8, 4) is 5.75 Å². The molecule has 0 radical (unpaired) electrons. The molecular weight excluding hydrogens is 390 g/mol. The highest BCUT2D eigenvalue weighted by molar-refractivity contribution is 9.10. The number of benzene rings is 3. The van der Waals surface area contributed by atoms with E-state index in [-0.39, 0.29) is 4.90 Å². The fourth-order valence-corrected chi connectivity index (χ4v) is 3.49. The summed E-state index contributed by atoms with van der Waals surface area (Å²) in [6.07, 6.45) is 1.35. The lowest BCUT2D eigenvalue weighted by Crippen LogP contribution is -1.99. The maximum absolute atomic E-state index is 12.4. The van der Waals surface area contributed by atoms with E-state index in [1.165, 1.54) is 18.3 Å². The molecule has 24 heavy (non-hydrogen) atoms. The number of ether oxygens (including phenoxy) is 1. The number of halogens is 1. The number of rotatable bonds is 4. The van der Waals surface area contributed by atoms with Gasteiger partial charge >= 0.3 is 0 Å². The second-order valence-electron chi connectivity index (χ2n) is 5.07. The van der Waals surface area contributed by atoms with Crippen molar-refractivity contribution >= 4 is 42.9 Å². The number of nitrogens with zero attached hydrogens (tertiary/aromatic N) is 1. The Morgan fingerprint density at radius 3 is 2.42 bits per heavy atom. The van der Waals surface area contributed by atoms with Gasteiger partial charge in [-0.25, -0.2) is 0 Å². The average Bonchev–Trinajstić information content (AvgIpc) is 2.60. The van der Waals surface area contributed by atoms with Gasteiger partial charge in [0.05, 0.1) is 18.2 Å². The smallest absolute Gasteiger partial charge is 0.282 e. The second-order valence-corrected chi connectivity index (χ2v) is 7.61. The summed E-state index contributed by atoms with van der Waals surface area (Å²) in [7, 11) is -2.23. The van der Waals surface area contributed by atoms with Crippen LogP contribution in [0.25, 0.3) is 10.8 Å². The molecule has 4 nitrogen and oxygen atoms in total. The van der Waals surface area contributed by atoms with Gasteiger partial charge in [0, 0.05) is 10.0 Å². The highest BCUT2D eigenvalue weighted by Crippen LogP contribution is 2.27. The zero-order valence-corrected chi connectivity index (χ0v) is 15.2. The Kier molecular flexibility index (Phi) is 4.69. The van der Waals surface area contributed by atoms with Crippen molar-refractivity contribution in [3.05, 3.63) is 70.7 Å². The average molecular weight is 404 g/mol. The van der Waals surface area contributed by atoms with Crippen LogP contribution in [0.15, 0.2) is 74.4 Å². The number of methoxy groups -OCH3 is 1. The topological polar surface area (TPSA) is 55.7 Å². The Morgan fingerprint density at radius 1 is 1.00 bits per heavy atom. The number of sulfonamides is 1. The molecule has 3 aromatic rings. The summed E-state index contributed by atoms with van der Waals surface area (Å²) in [5.41, 5.74) is 0.635. The molecule has 3 rings (SSSR count). The van der Waals surface area contributed by atoms with Gasteiger partial charge in [-0.1, -0.05) is 46.3 Å². The monoisotopic (exact) mass is 403 g/mol. The number of hydrogen-bond acceptors (Lipinski definition) is 3. The first-order valence-corrected chi connectivity index (χ1v) is 9.36. The molecule has 0 aromatic heterocycles. The van der Waals surface area contributed by atoms with Crippen LogP contribution in [0.5, 0.6) is 5.75 Å². The molecule has 0 amide bonds. The molecule has 0 spiro atoms. The quantitative estimate of drug-likeness (QED) is 0.605. The van der Waals surface area contributed by atoms with E-state index in [9.17, 15) is 8.42 Å².